The highest BCUT2D eigenvalue weighted by atomic mass is 14.9. The Hall–Kier alpha value is -0.0400. The molecule has 1 fully saturated rings. The Balaban J connectivity index is 0.000000810. The van der Waals surface area contributed by atoms with Gasteiger partial charge in [0.2, 0.25) is 0 Å². The molecule has 0 saturated carbocycles. The SMILES string of the molecule is CC(C)C1(C)CCNC1.[HH]. The van der Waals surface area contributed by atoms with Crippen molar-refractivity contribution in [3.63, 3.8) is 0 Å². The van der Waals surface area contributed by atoms with E-state index in [1.165, 1.54) is 19.5 Å². The van der Waals surface area contributed by atoms with Gasteiger partial charge in [-0.3, -0.25) is 0 Å². The molecular weight excluding hydrogens is 110 g/mol. The standard InChI is InChI=1S/C8H17N.H2/c1-7(2)8(3)4-5-9-6-8;/h7,9H,4-6H2,1-3H3;1H. The number of nitrogens with one attached hydrogen (secondary N) is 1. The average Bonchev–Trinajstić information content (AvgIpc) is 2.16. The number of rotatable bonds is 1. The van der Waals surface area contributed by atoms with Crippen LogP contribution in [0.2, 0.25) is 0 Å². The van der Waals surface area contributed by atoms with Crippen LogP contribution in [0, 0.1) is 11.3 Å². The molecule has 1 atom stereocenters. The van der Waals surface area contributed by atoms with Crippen LogP contribution >= 0.6 is 0 Å². The van der Waals surface area contributed by atoms with E-state index in [4.69, 9.17) is 0 Å². The van der Waals surface area contributed by atoms with Gasteiger partial charge in [-0.05, 0) is 24.3 Å². The molecule has 1 rings (SSSR count). The fourth-order valence-electron chi connectivity index (χ4n) is 1.33. The first-order valence-electron chi connectivity index (χ1n) is 3.86. The van der Waals surface area contributed by atoms with Gasteiger partial charge in [-0.25, -0.2) is 0 Å². The molecule has 1 unspecified atom stereocenters. The lowest BCUT2D eigenvalue weighted by Gasteiger charge is -2.27. The minimum atomic E-state index is 0. The topological polar surface area (TPSA) is 12.0 Å². The first-order valence-corrected chi connectivity index (χ1v) is 3.86. The Kier molecular flexibility index (Phi) is 1.80. The minimum Gasteiger partial charge on any atom is -0.316 e. The summed E-state index contributed by atoms with van der Waals surface area (Å²) in [7, 11) is 0. The van der Waals surface area contributed by atoms with Gasteiger partial charge in [-0.2, -0.15) is 0 Å². The Morgan fingerprint density at radius 1 is 1.56 bits per heavy atom. The largest absolute Gasteiger partial charge is 0.316 e. The van der Waals surface area contributed by atoms with Crippen LogP contribution in [0.25, 0.3) is 0 Å². The molecule has 1 N–H and O–H groups in total. The highest BCUT2D eigenvalue weighted by Gasteiger charge is 2.31. The molecule has 1 aliphatic heterocycles. The van der Waals surface area contributed by atoms with Crippen molar-refractivity contribution in [1.82, 2.24) is 5.32 Å². The van der Waals surface area contributed by atoms with E-state index in [1.807, 2.05) is 0 Å². The maximum absolute atomic E-state index is 3.39. The lowest BCUT2D eigenvalue weighted by atomic mass is 9.79. The van der Waals surface area contributed by atoms with Crippen molar-refractivity contribution in [3.05, 3.63) is 0 Å². The Bertz CT molecular complexity index is 95.4. The van der Waals surface area contributed by atoms with Crippen LogP contribution in [0.4, 0.5) is 0 Å². The fraction of sp³-hybridized carbons (Fsp3) is 1.00. The molecule has 0 aliphatic carbocycles. The van der Waals surface area contributed by atoms with Crippen molar-refractivity contribution in [2.45, 2.75) is 27.2 Å². The molecule has 0 aromatic rings. The zero-order valence-electron chi connectivity index (χ0n) is 6.70. The van der Waals surface area contributed by atoms with Crippen molar-refractivity contribution in [2.24, 2.45) is 11.3 Å². The second-order valence-corrected chi connectivity index (χ2v) is 3.74. The third-order valence-corrected chi connectivity index (χ3v) is 2.80. The zero-order valence-corrected chi connectivity index (χ0v) is 6.70. The van der Waals surface area contributed by atoms with Crippen molar-refractivity contribution in [2.75, 3.05) is 13.1 Å². The molecule has 56 valence electrons. The molecule has 1 heteroatoms. The molecule has 1 saturated heterocycles. The summed E-state index contributed by atoms with van der Waals surface area (Å²) >= 11 is 0. The van der Waals surface area contributed by atoms with Crippen LogP contribution in [-0.2, 0) is 0 Å². The van der Waals surface area contributed by atoms with Crippen LogP contribution in [0.3, 0.4) is 0 Å². The van der Waals surface area contributed by atoms with Crippen LogP contribution in [0.5, 0.6) is 0 Å². The summed E-state index contributed by atoms with van der Waals surface area (Å²) in [5.41, 5.74) is 0.583. The van der Waals surface area contributed by atoms with Gasteiger partial charge in [0.05, 0.1) is 0 Å². The lowest BCUT2D eigenvalue weighted by Crippen LogP contribution is -2.25. The van der Waals surface area contributed by atoms with Gasteiger partial charge in [0.25, 0.3) is 0 Å². The van der Waals surface area contributed by atoms with E-state index in [0.717, 1.165) is 5.92 Å². The lowest BCUT2D eigenvalue weighted by molar-refractivity contribution is 0.249. The molecule has 1 aliphatic rings. The summed E-state index contributed by atoms with van der Waals surface area (Å²) in [6.45, 7) is 9.43. The van der Waals surface area contributed by atoms with Crippen molar-refractivity contribution >= 4 is 0 Å². The summed E-state index contributed by atoms with van der Waals surface area (Å²) in [4.78, 5) is 0. The highest BCUT2D eigenvalue weighted by molar-refractivity contribution is 4.85. The molecule has 0 radical (unpaired) electrons. The van der Waals surface area contributed by atoms with Gasteiger partial charge in [-0.1, -0.05) is 20.8 Å². The first-order chi connectivity index (χ1) is 4.15. The van der Waals surface area contributed by atoms with E-state index < -0.39 is 0 Å². The van der Waals surface area contributed by atoms with Gasteiger partial charge < -0.3 is 5.32 Å². The second-order valence-electron chi connectivity index (χ2n) is 3.74. The van der Waals surface area contributed by atoms with Crippen LogP contribution < -0.4 is 5.32 Å². The molecule has 0 bridgehead atoms. The summed E-state index contributed by atoms with van der Waals surface area (Å²) in [5.74, 6) is 0.826. The van der Waals surface area contributed by atoms with E-state index >= 15 is 0 Å². The third-order valence-electron chi connectivity index (χ3n) is 2.80. The fourth-order valence-corrected chi connectivity index (χ4v) is 1.33. The molecule has 0 aromatic heterocycles. The monoisotopic (exact) mass is 129 g/mol. The molecule has 9 heavy (non-hydrogen) atoms. The van der Waals surface area contributed by atoms with Crippen molar-refractivity contribution < 1.29 is 1.43 Å². The van der Waals surface area contributed by atoms with E-state index in [9.17, 15) is 0 Å². The van der Waals surface area contributed by atoms with Gasteiger partial charge in [0.15, 0.2) is 0 Å². The van der Waals surface area contributed by atoms with E-state index in [0.29, 0.717) is 5.41 Å². The highest BCUT2D eigenvalue weighted by Crippen LogP contribution is 2.32. The number of hydrogen-bond donors (Lipinski definition) is 1. The smallest absolute Gasteiger partial charge is 0.000809 e. The average molecular weight is 129 g/mol. The Morgan fingerprint density at radius 2 is 2.22 bits per heavy atom. The van der Waals surface area contributed by atoms with E-state index in [2.05, 4.69) is 26.1 Å². The minimum absolute atomic E-state index is 0. The summed E-state index contributed by atoms with van der Waals surface area (Å²) < 4.78 is 0. The second kappa shape index (κ2) is 2.30. The van der Waals surface area contributed by atoms with Gasteiger partial charge in [0, 0.05) is 7.97 Å². The maximum atomic E-state index is 3.39. The molecule has 1 heterocycles. The van der Waals surface area contributed by atoms with Crippen molar-refractivity contribution in [1.29, 1.82) is 0 Å². The summed E-state index contributed by atoms with van der Waals surface area (Å²) in [6, 6.07) is 0. The molecule has 0 aromatic carbocycles. The van der Waals surface area contributed by atoms with E-state index in [1.54, 1.807) is 0 Å². The molecule has 1 nitrogen and oxygen atoms in total. The predicted molar refractivity (Wildman–Crippen MR) is 42.5 cm³/mol. The quantitative estimate of drug-likeness (QED) is 0.570. The van der Waals surface area contributed by atoms with Crippen LogP contribution in [0.15, 0.2) is 0 Å². The molecular formula is C8H19N. The van der Waals surface area contributed by atoms with Crippen LogP contribution in [-0.4, -0.2) is 13.1 Å². The Labute approximate surface area is 59.3 Å². The first kappa shape index (κ1) is 7.07. The third kappa shape index (κ3) is 1.26. The Morgan fingerprint density at radius 3 is 2.44 bits per heavy atom. The van der Waals surface area contributed by atoms with Crippen LogP contribution in [0.1, 0.15) is 28.6 Å². The predicted octanol–water partition coefficient (Wildman–Crippen LogP) is 1.89. The van der Waals surface area contributed by atoms with Crippen molar-refractivity contribution in [3.8, 4) is 0 Å². The van der Waals surface area contributed by atoms with Gasteiger partial charge in [0.1, 0.15) is 0 Å². The van der Waals surface area contributed by atoms with Gasteiger partial charge in [-0.15, -0.1) is 0 Å². The zero-order chi connectivity index (χ0) is 6.91. The van der Waals surface area contributed by atoms with Gasteiger partial charge >= 0.3 is 0 Å². The summed E-state index contributed by atoms with van der Waals surface area (Å²) in [5, 5.41) is 3.39. The molecule has 0 spiro atoms. The maximum Gasteiger partial charge on any atom is 0.000809 e. The molecule has 0 amide bonds. The summed E-state index contributed by atoms with van der Waals surface area (Å²) in [6.07, 6.45) is 1.35. The van der Waals surface area contributed by atoms with E-state index in [-0.39, 0.29) is 1.43 Å². The normalized spacial score (nSPS) is 36.0. The number of hydrogen-bond acceptors (Lipinski definition) is 1.